The fourth-order valence-corrected chi connectivity index (χ4v) is 4.32. The van der Waals surface area contributed by atoms with Gasteiger partial charge in [0.25, 0.3) is 5.91 Å². The smallest absolute Gasteiger partial charge is 0.290 e. The van der Waals surface area contributed by atoms with E-state index < -0.39 is 17.7 Å². The Morgan fingerprint density at radius 3 is 2.00 bits per heavy atom. The van der Waals surface area contributed by atoms with Gasteiger partial charge in [0.1, 0.15) is 0 Å². The molecule has 1 aliphatic heterocycles. The highest BCUT2D eigenvalue weighted by molar-refractivity contribution is 6.08. The van der Waals surface area contributed by atoms with Crippen LogP contribution in [0.3, 0.4) is 0 Å². The zero-order chi connectivity index (χ0) is 23.9. The van der Waals surface area contributed by atoms with Crippen LogP contribution in [0.1, 0.15) is 90.8 Å². The van der Waals surface area contributed by atoms with Gasteiger partial charge in [-0.05, 0) is 62.4 Å². The Labute approximate surface area is 194 Å². The molecule has 0 saturated carbocycles. The first-order chi connectivity index (χ1) is 15.1. The second-order valence-corrected chi connectivity index (χ2v) is 9.99. The van der Waals surface area contributed by atoms with Crippen LogP contribution in [0, 0.1) is 0 Å². The highest BCUT2D eigenvalue weighted by Gasteiger charge is 2.42. The van der Waals surface area contributed by atoms with E-state index in [-0.39, 0.29) is 16.8 Å². The molecule has 32 heavy (non-hydrogen) atoms. The van der Waals surface area contributed by atoms with Crippen molar-refractivity contribution < 1.29 is 14.7 Å². The molecule has 0 fully saturated rings. The van der Waals surface area contributed by atoms with Gasteiger partial charge in [0, 0.05) is 6.54 Å². The van der Waals surface area contributed by atoms with Crippen LogP contribution in [0.4, 0.5) is 0 Å². The lowest BCUT2D eigenvalue weighted by Gasteiger charge is -2.29. The van der Waals surface area contributed by atoms with Gasteiger partial charge in [0.05, 0.1) is 11.6 Å². The normalized spacial score (nSPS) is 17.0. The molecule has 0 saturated heterocycles. The van der Waals surface area contributed by atoms with Gasteiger partial charge in [0.15, 0.2) is 11.5 Å². The summed E-state index contributed by atoms with van der Waals surface area (Å²) in [6, 6.07) is 7.57. The van der Waals surface area contributed by atoms with Gasteiger partial charge >= 0.3 is 0 Å². The third-order valence-electron chi connectivity index (χ3n) is 6.30. The van der Waals surface area contributed by atoms with Crippen LogP contribution in [0.2, 0.25) is 0 Å². The number of nitrogens with zero attached hydrogens (tertiary/aromatic N) is 2. The molecule has 1 N–H and O–H groups in total. The molecular formula is C27H42N2O3. The number of unbranched alkanes of at least 4 members (excludes halogenated alkanes) is 2. The molecule has 1 aromatic carbocycles. The van der Waals surface area contributed by atoms with Crippen molar-refractivity contribution in [1.29, 1.82) is 0 Å². The monoisotopic (exact) mass is 442 g/mol. The number of hydrogen-bond acceptors (Lipinski definition) is 4. The van der Waals surface area contributed by atoms with E-state index >= 15 is 0 Å². The van der Waals surface area contributed by atoms with Gasteiger partial charge in [-0.1, -0.05) is 71.7 Å². The maximum Gasteiger partial charge on any atom is 0.290 e. The second kappa shape index (κ2) is 11.6. The van der Waals surface area contributed by atoms with Crippen LogP contribution in [0.25, 0.3) is 0 Å². The largest absolute Gasteiger partial charge is 0.503 e. The molecule has 1 amide bonds. The van der Waals surface area contributed by atoms with Crippen molar-refractivity contribution >= 4 is 11.7 Å². The first-order valence-electron chi connectivity index (χ1n) is 12.2. The van der Waals surface area contributed by atoms with Gasteiger partial charge in [0.2, 0.25) is 0 Å². The number of ketones is 1. The van der Waals surface area contributed by atoms with Gasteiger partial charge in [-0.3, -0.25) is 9.59 Å². The highest BCUT2D eigenvalue weighted by atomic mass is 16.3. The average Bonchev–Trinajstić information content (AvgIpc) is 2.99. The van der Waals surface area contributed by atoms with Crippen molar-refractivity contribution in [3.63, 3.8) is 0 Å². The summed E-state index contributed by atoms with van der Waals surface area (Å²) in [4.78, 5) is 29.4. The van der Waals surface area contributed by atoms with E-state index in [0.717, 1.165) is 31.6 Å². The Balaban J connectivity index is 2.20. The molecule has 1 atom stereocenters. The minimum Gasteiger partial charge on any atom is -0.503 e. The fraction of sp³-hybridized carbons (Fsp3) is 0.630. The number of benzene rings is 1. The summed E-state index contributed by atoms with van der Waals surface area (Å²) >= 11 is 0. The molecule has 5 nitrogen and oxygen atoms in total. The van der Waals surface area contributed by atoms with Gasteiger partial charge in [-0.2, -0.15) is 0 Å². The first-order valence-corrected chi connectivity index (χ1v) is 12.2. The summed E-state index contributed by atoms with van der Waals surface area (Å²) in [5.41, 5.74) is 2.30. The molecule has 1 aromatic rings. The number of carbonyl (C=O) groups excluding carboxylic acids is 2. The number of aliphatic hydroxyl groups is 1. The molecule has 0 spiro atoms. The first kappa shape index (κ1) is 26.1. The lowest BCUT2D eigenvalue weighted by Crippen LogP contribution is -2.35. The summed E-state index contributed by atoms with van der Waals surface area (Å²) in [7, 11) is 0. The Morgan fingerprint density at radius 2 is 1.53 bits per heavy atom. The van der Waals surface area contributed by atoms with Crippen LogP contribution in [-0.2, 0) is 15.0 Å². The average molecular weight is 443 g/mol. The minimum absolute atomic E-state index is 0.0194. The van der Waals surface area contributed by atoms with Crippen molar-refractivity contribution in [2.24, 2.45) is 0 Å². The molecular weight excluding hydrogens is 400 g/mol. The molecule has 0 bridgehead atoms. The maximum atomic E-state index is 12.9. The second-order valence-electron chi connectivity index (χ2n) is 9.99. The minimum atomic E-state index is -0.520. The Morgan fingerprint density at radius 1 is 1.00 bits per heavy atom. The lowest BCUT2D eigenvalue weighted by molar-refractivity contribution is -0.129. The quantitative estimate of drug-likeness (QED) is 0.460. The van der Waals surface area contributed by atoms with Gasteiger partial charge in [-0.25, -0.2) is 0 Å². The number of aliphatic hydroxyl groups excluding tert-OH is 1. The van der Waals surface area contributed by atoms with E-state index in [1.165, 1.54) is 38.2 Å². The number of carbonyl (C=O) groups is 2. The topological polar surface area (TPSA) is 60.9 Å². The summed E-state index contributed by atoms with van der Waals surface area (Å²) in [6.07, 6.45) is 5.49. The van der Waals surface area contributed by atoms with Crippen LogP contribution >= 0.6 is 0 Å². The van der Waals surface area contributed by atoms with Crippen LogP contribution in [-0.4, -0.2) is 52.8 Å². The van der Waals surface area contributed by atoms with Crippen LogP contribution < -0.4 is 0 Å². The summed E-state index contributed by atoms with van der Waals surface area (Å²) in [5.74, 6) is -1.08. The van der Waals surface area contributed by atoms with E-state index in [1.54, 1.807) is 4.90 Å². The zero-order valence-corrected chi connectivity index (χ0v) is 20.9. The molecule has 1 aliphatic rings. The SMILES string of the molecule is CCCCN(CCCC)CCCN1C(=O)C(O)=C(C(C)=O)C1c1ccc(C(C)(C)C)cc1. The van der Waals surface area contributed by atoms with Crippen molar-refractivity contribution in [1.82, 2.24) is 9.80 Å². The molecule has 0 radical (unpaired) electrons. The van der Waals surface area contributed by atoms with Gasteiger partial charge in [-0.15, -0.1) is 0 Å². The van der Waals surface area contributed by atoms with E-state index in [0.29, 0.717) is 6.54 Å². The molecule has 2 rings (SSSR count). The maximum absolute atomic E-state index is 12.9. The standard InChI is InChI=1S/C27H42N2O3/c1-7-9-16-28(17-10-8-2)18-11-19-29-24(23(20(3)30)25(31)26(29)32)21-12-14-22(15-13-21)27(4,5)6/h12-15,24,31H,7-11,16-19H2,1-6H3. The number of amides is 1. The Hall–Kier alpha value is -2.14. The van der Waals surface area contributed by atoms with Crippen molar-refractivity contribution in [2.75, 3.05) is 26.2 Å². The zero-order valence-electron chi connectivity index (χ0n) is 20.9. The summed E-state index contributed by atoms with van der Waals surface area (Å²) in [6.45, 7) is 15.9. The van der Waals surface area contributed by atoms with Crippen molar-refractivity contribution in [2.45, 2.75) is 85.1 Å². The number of Topliss-reactive ketones (excluding diaryl/α,β-unsaturated/α-hetero) is 1. The van der Waals surface area contributed by atoms with Crippen molar-refractivity contribution in [3.05, 3.63) is 46.7 Å². The summed E-state index contributed by atoms with van der Waals surface area (Å²) < 4.78 is 0. The predicted octanol–water partition coefficient (Wildman–Crippen LogP) is 5.56. The fourth-order valence-electron chi connectivity index (χ4n) is 4.32. The predicted molar refractivity (Wildman–Crippen MR) is 131 cm³/mol. The Kier molecular flexibility index (Phi) is 9.50. The molecule has 178 valence electrons. The van der Waals surface area contributed by atoms with E-state index in [9.17, 15) is 14.7 Å². The van der Waals surface area contributed by atoms with Crippen LogP contribution in [0.15, 0.2) is 35.6 Å². The van der Waals surface area contributed by atoms with E-state index in [4.69, 9.17) is 0 Å². The third kappa shape index (κ3) is 6.44. The number of rotatable bonds is 12. The van der Waals surface area contributed by atoms with E-state index in [1.807, 2.05) is 12.1 Å². The molecule has 5 heteroatoms. The molecule has 0 aromatic heterocycles. The number of hydrogen-bond donors (Lipinski definition) is 1. The third-order valence-corrected chi connectivity index (χ3v) is 6.30. The summed E-state index contributed by atoms with van der Waals surface area (Å²) in [5, 5.41) is 10.5. The van der Waals surface area contributed by atoms with Crippen LogP contribution in [0.5, 0.6) is 0 Å². The van der Waals surface area contributed by atoms with E-state index in [2.05, 4.69) is 51.7 Å². The lowest BCUT2D eigenvalue weighted by atomic mass is 9.85. The molecule has 0 aliphatic carbocycles. The Bertz CT molecular complexity index is 797. The molecule has 1 heterocycles. The highest BCUT2D eigenvalue weighted by Crippen LogP contribution is 2.38. The van der Waals surface area contributed by atoms with Gasteiger partial charge < -0.3 is 14.9 Å². The van der Waals surface area contributed by atoms with Crippen molar-refractivity contribution in [3.8, 4) is 0 Å². The molecule has 1 unspecified atom stereocenters.